The van der Waals surface area contributed by atoms with Crippen LogP contribution < -0.4 is 19.6 Å². The van der Waals surface area contributed by atoms with Crippen molar-refractivity contribution >= 4 is 29.7 Å². The molecule has 0 saturated heterocycles. The predicted octanol–water partition coefficient (Wildman–Crippen LogP) is 4.71. The number of hydrazone groups is 1. The van der Waals surface area contributed by atoms with E-state index in [0.717, 1.165) is 11.1 Å². The third-order valence-electron chi connectivity index (χ3n) is 4.74. The average molecular weight is 467 g/mol. The number of carbonyl (C=O) groups excluding carboxylic acids is 2. The van der Waals surface area contributed by atoms with E-state index in [2.05, 4.69) is 10.5 Å². The van der Waals surface area contributed by atoms with Crippen LogP contribution >= 0.6 is 11.6 Å². The molecule has 0 aliphatic carbocycles. The molecule has 0 bridgehead atoms. The molecule has 0 aliphatic heterocycles. The maximum absolute atomic E-state index is 12.4. The molecule has 0 spiro atoms. The van der Waals surface area contributed by atoms with Crippen molar-refractivity contribution < 1.29 is 23.8 Å². The molecule has 0 aromatic heterocycles. The van der Waals surface area contributed by atoms with Gasteiger partial charge in [-0.3, -0.25) is 4.79 Å². The van der Waals surface area contributed by atoms with Gasteiger partial charge in [-0.2, -0.15) is 5.10 Å². The van der Waals surface area contributed by atoms with E-state index in [1.165, 1.54) is 13.3 Å². The number of nitrogens with zero attached hydrogens (tertiary/aromatic N) is 1. The van der Waals surface area contributed by atoms with Gasteiger partial charge in [0.2, 0.25) is 0 Å². The third kappa shape index (κ3) is 6.57. The summed E-state index contributed by atoms with van der Waals surface area (Å²) >= 11 is 6.04. The zero-order valence-corrected chi connectivity index (χ0v) is 19.2. The fraction of sp³-hybridized carbons (Fsp3) is 0.160. The van der Waals surface area contributed by atoms with Crippen LogP contribution in [0.5, 0.6) is 17.2 Å². The first-order valence-corrected chi connectivity index (χ1v) is 10.4. The molecule has 0 heterocycles. The van der Waals surface area contributed by atoms with Gasteiger partial charge in [-0.25, -0.2) is 10.2 Å². The molecule has 8 heteroatoms. The number of halogens is 1. The van der Waals surface area contributed by atoms with Gasteiger partial charge in [-0.05, 0) is 73.0 Å². The highest BCUT2D eigenvalue weighted by Gasteiger charge is 2.15. The Morgan fingerprint density at radius 2 is 1.79 bits per heavy atom. The highest BCUT2D eigenvalue weighted by molar-refractivity contribution is 6.33. The highest BCUT2D eigenvalue weighted by atomic mass is 35.5. The van der Waals surface area contributed by atoms with Gasteiger partial charge in [-0.1, -0.05) is 29.8 Å². The molecule has 7 nitrogen and oxygen atoms in total. The van der Waals surface area contributed by atoms with Gasteiger partial charge >= 0.3 is 5.97 Å². The lowest BCUT2D eigenvalue weighted by molar-refractivity contribution is -0.123. The van der Waals surface area contributed by atoms with Gasteiger partial charge in [0.1, 0.15) is 5.75 Å². The summed E-state index contributed by atoms with van der Waals surface area (Å²) in [6, 6.07) is 17.1. The standard InChI is InChI=1S/C25H23ClN2O5/c1-16-8-10-19(12-17(16)2)32-15-24(29)28-27-14-18-9-11-22(23(13-18)31-3)33-25(30)20-6-4-5-7-21(20)26/h4-14H,15H2,1-3H3,(H,28,29)/b27-14-. The van der Waals surface area contributed by atoms with E-state index in [1.54, 1.807) is 42.5 Å². The largest absolute Gasteiger partial charge is 0.493 e. The lowest BCUT2D eigenvalue weighted by Crippen LogP contribution is -2.24. The van der Waals surface area contributed by atoms with Crippen LogP contribution in [-0.2, 0) is 4.79 Å². The Morgan fingerprint density at radius 1 is 1.00 bits per heavy atom. The topological polar surface area (TPSA) is 86.2 Å². The molecule has 33 heavy (non-hydrogen) atoms. The summed E-state index contributed by atoms with van der Waals surface area (Å²) < 4.78 is 16.2. The number of nitrogens with one attached hydrogen (secondary N) is 1. The van der Waals surface area contributed by atoms with E-state index in [4.69, 9.17) is 25.8 Å². The van der Waals surface area contributed by atoms with Crippen LogP contribution in [0.4, 0.5) is 0 Å². The van der Waals surface area contributed by atoms with Crippen molar-refractivity contribution in [3.8, 4) is 17.2 Å². The molecule has 0 atom stereocenters. The number of carbonyl (C=O) groups is 2. The Bertz CT molecular complexity index is 1190. The lowest BCUT2D eigenvalue weighted by Gasteiger charge is -2.10. The van der Waals surface area contributed by atoms with Crippen molar-refractivity contribution in [1.29, 1.82) is 0 Å². The molecular formula is C25H23ClN2O5. The molecule has 0 unspecified atom stereocenters. The maximum atomic E-state index is 12.4. The Kier molecular flexibility index (Phi) is 8.05. The second-order valence-corrected chi connectivity index (χ2v) is 7.51. The van der Waals surface area contributed by atoms with E-state index in [9.17, 15) is 9.59 Å². The molecule has 3 rings (SSSR count). The van der Waals surface area contributed by atoms with Crippen LogP contribution in [0.15, 0.2) is 65.8 Å². The number of ether oxygens (including phenoxy) is 3. The van der Waals surface area contributed by atoms with Crippen molar-refractivity contribution in [2.75, 3.05) is 13.7 Å². The van der Waals surface area contributed by atoms with Crippen LogP contribution in [0, 0.1) is 13.8 Å². The summed E-state index contributed by atoms with van der Waals surface area (Å²) in [5.74, 6) is 0.163. The van der Waals surface area contributed by atoms with Crippen molar-refractivity contribution in [1.82, 2.24) is 5.43 Å². The fourth-order valence-corrected chi connectivity index (χ4v) is 3.01. The number of rotatable bonds is 8. The molecule has 1 amide bonds. The molecule has 0 fully saturated rings. The first kappa shape index (κ1) is 23.8. The molecule has 0 saturated carbocycles. The monoisotopic (exact) mass is 466 g/mol. The Labute approximate surface area is 196 Å². The molecule has 3 aromatic rings. The van der Waals surface area contributed by atoms with E-state index in [1.807, 2.05) is 32.0 Å². The number of hydrogen-bond donors (Lipinski definition) is 1. The smallest absolute Gasteiger partial charge is 0.345 e. The number of hydrogen-bond acceptors (Lipinski definition) is 6. The molecule has 1 N–H and O–H groups in total. The highest BCUT2D eigenvalue weighted by Crippen LogP contribution is 2.29. The fourth-order valence-electron chi connectivity index (χ4n) is 2.79. The maximum Gasteiger partial charge on any atom is 0.345 e. The number of benzene rings is 3. The molecular weight excluding hydrogens is 444 g/mol. The van der Waals surface area contributed by atoms with Gasteiger partial charge in [0, 0.05) is 0 Å². The third-order valence-corrected chi connectivity index (χ3v) is 5.06. The second-order valence-electron chi connectivity index (χ2n) is 7.11. The number of aryl methyl sites for hydroxylation is 2. The number of esters is 1. The molecule has 0 radical (unpaired) electrons. The summed E-state index contributed by atoms with van der Waals surface area (Å²) in [6.45, 7) is 3.81. The van der Waals surface area contributed by atoms with Gasteiger partial charge in [0.05, 0.1) is 23.9 Å². The predicted molar refractivity (Wildman–Crippen MR) is 127 cm³/mol. The minimum atomic E-state index is -0.601. The normalized spacial score (nSPS) is 10.7. The summed E-state index contributed by atoms with van der Waals surface area (Å²) in [7, 11) is 1.45. The van der Waals surface area contributed by atoms with Crippen LogP contribution in [0.1, 0.15) is 27.0 Å². The van der Waals surface area contributed by atoms with E-state index >= 15 is 0 Å². The van der Waals surface area contributed by atoms with Gasteiger partial charge < -0.3 is 14.2 Å². The first-order valence-electron chi connectivity index (χ1n) is 10.0. The number of amides is 1. The van der Waals surface area contributed by atoms with Crippen LogP contribution in [-0.4, -0.2) is 31.8 Å². The van der Waals surface area contributed by atoms with E-state index < -0.39 is 11.9 Å². The van der Waals surface area contributed by atoms with Crippen molar-refractivity contribution in [3.63, 3.8) is 0 Å². The number of methoxy groups -OCH3 is 1. The van der Waals surface area contributed by atoms with Gasteiger partial charge in [0.15, 0.2) is 18.1 Å². The molecule has 170 valence electrons. The van der Waals surface area contributed by atoms with Crippen molar-refractivity contribution in [3.05, 3.63) is 87.9 Å². The molecule has 3 aromatic carbocycles. The summed E-state index contributed by atoms with van der Waals surface area (Å²) in [5.41, 5.74) is 5.51. The van der Waals surface area contributed by atoms with E-state index in [0.29, 0.717) is 22.1 Å². The van der Waals surface area contributed by atoms with Gasteiger partial charge in [0.25, 0.3) is 5.91 Å². The molecule has 0 aliphatic rings. The van der Waals surface area contributed by atoms with Crippen LogP contribution in [0.3, 0.4) is 0 Å². The zero-order valence-electron chi connectivity index (χ0n) is 18.4. The van der Waals surface area contributed by atoms with Gasteiger partial charge in [-0.15, -0.1) is 0 Å². The average Bonchev–Trinajstić information content (AvgIpc) is 2.81. The van der Waals surface area contributed by atoms with Crippen molar-refractivity contribution in [2.24, 2.45) is 5.10 Å². The minimum absolute atomic E-state index is 0.167. The zero-order chi connectivity index (χ0) is 23.8. The van der Waals surface area contributed by atoms with Crippen molar-refractivity contribution in [2.45, 2.75) is 13.8 Å². The van der Waals surface area contributed by atoms with Crippen LogP contribution in [0.2, 0.25) is 5.02 Å². The Morgan fingerprint density at radius 3 is 2.52 bits per heavy atom. The lowest BCUT2D eigenvalue weighted by atomic mass is 10.1. The first-order chi connectivity index (χ1) is 15.9. The SMILES string of the molecule is COc1cc(/C=N\NC(=O)COc2ccc(C)c(C)c2)ccc1OC(=O)c1ccccc1Cl. The Balaban J connectivity index is 1.57. The summed E-state index contributed by atoms with van der Waals surface area (Å²) in [6.07, 6.45) is 1.44. The van der Waals surface area contributed by atoms with E-state index in [-0.39, 0.29) is 17.9 Å². The summed E-state index contributed by atoms with van der Waals surface area (Å²) in [4.78, 5) is 24.4. The quantitative estimate of drug-likeness (QED) is 0.225. The Hall–Kier alpha value is -3.84. The van der Waals surface area contributed by atoms with Crippen LogP contribution in [0.25, 0.3) is 0 Å². The minimum Gasteiger partial charge on any atom is -0.493 e. The second kappa shape index (κ2) is 11.2. The summed E-state index contributed by atoms with van der Waals surface area (Å²) in [5, 5.41) is 4.22.